The van der Waals surface area contributed by atoms with Crippen LogP contribution in [0.3, 0.4) is 0 Å². The molecule has 0 radical (unpaired) electrons. The molecule has 0 aliphatic carbocycles. The number of hydrogen-bond acceptors (Lipinski definition) is 1. The van der Waals surface area contributed by atoms with Gasteiger partial charge in [-0.25, -0.2) is 9.56 Å². The molecule has 2 aromatic carbocycles. The second-order valence-electron chi connectivity index (χ2n) is 5.95. The standard InChI is InChI=1S/C19H16N2O/c1-12-18-16(17(22)9-20-12)11-21(2)10-14-8-7-13-5-3-4-6-15(13)19(14)18/h3-9,11H,10H2,1-2H3/p+2. The molecule has 4 rings (SSSR count). The second kappa shape index (κ2) is 4.67. The van der Waals surface area contributed by atoms with E-state index in [2.05, 4.69) is 52.9 Å². The van der Waals surface area contributed by atoms with Crippen molar-refractivity contribution >= 4 is 17.0 Å². The summed E-state index contributed by atoms with van der Waals surface area (Å²) in [6.07, 6.45) is 3.69. The molecule has 0 saturated heterocycles. The summed E-state index contributed by atoms with van der Waals surface area (Å²) in [5.74, 6) is 0.285. The Morgan fingerprint density at radius 3 is 2.77 bits per heavy atom. The van der Waals surface area contributed by atoms with Crippen molar-refractivity contribution in [2.75, 3.05) is 7.05 Å². The number of aromatic hydroxyl groups is 1. The highest BCUT2D eigenvalue weighted by molar-refractivity contribution is 6.04. The van der Waals surface area contributed by atoms with Gasteiger partial charge in [-0.3, -0.25) is 0 Å². The van der Waals surface area contributed by atoms with Crippen molar-refractivity contribution in [2.24, 2.45) is 0 Å². The molecule has 0 amide bonds. The number of nitrogens with zero attached hydrogens (tertiary/aromatic N) is 1. The van der Waals surface area contributed by atoms with Crippen LogP contribution in [0.25, 0.3) is 21.9 Å². The van der Waals surface area contributed by atoms with E-state index in [1.807, 2.05) is 13.3 Å². The minimum absolute atomic E-state index is 0.285. The fraction of sp³-hybridized carbons (Fsp3) is 0.158. The number of aromatic amines is 1. The van der Waals surface area contributed by atoms with Crippen LogP contribution in [0, 0.1) is 6.92 Å². The van der Waals surface area contributed by atoms with Gasteiger partial charge >= 0.3 is 0 Å². The average Bonchev–Trinajstić information content (AvgIpc) is 2.67. The molecule has 22 heavy (non-hydrogen) atoms. The highest BCUT2D eigenvalue weighted by Gasteiger charge is 2.26. The van der Waals surface area contributed by atoms with E-state index in [9.17, 15) is 5.11 Å². The Kier molecular flexibility index (Phi) is 2.76. The van der Waals surface area contributed by atoms with Crippen LogP contribution in [0.2, 0.25) is 0 Å². The lowest BCUT2D eigenvalue weighted by atomic mass is 9.90. The number of nitrogens with one attached hydrogen (secondary N) is 1. The first kappa shape index (κ1) is 13.0. The lowest BCUT2D eigenvalue weighted by molar-refractivity contribution is -0.508. The summed E-state index contributed by atoms with van der Waals surface area (Å²) in [5, 5.41) is 12.8. The monoisotopic (exact) mass is 290 g/mol. The quantitative estimate of drug-likeness (QED) is 0.635. The van der Waals surface area contributed by atoms with Gasteiger partial charge in [-0.05, 0) is 10.8 Å². The number of aromatic nitrogens is 1. The molecule has 0 bridgehead atoms. The van der Waals surface area contributed by atoms with E-state index in [0.29, 0.717) is 0 Å². The van der Waals surface area contributed by atoms with Crippen LogP contribution in [-0.4, -0.2) is 22.9 Å². The molecule has 0 fully saturated rings. The minimum atomic E-state index is 0.285. The van der Waals surface area contributed by atoms with Gasteiger partial charge in [0, 0.05) is 18.1 Å². The third kappa shape index (κ3) is 1.82. The van der Waals surface area contributed by atoms with Crippen LogP contribution in [0.1, 0.15) is 16.8 Å². The second-order valence-corrected chi connectivity index (χ2v) is 5.95. The van der Waals surface area contributed by atoms with E-state index in [4.69, 9.17) is 0 Å². The zero-order valence-corrected chi connectivity index (χ0v) is 12.7. The van der Waals surface area contributed by atoms with E-state index in [1.54, 1.807) is 6.20 Å². The number of pyridine rings is 1. The molecule has 0 unspecified atom stereocenters. The van der Waals surface area contributed by atoms with E-state index in [1.165, 1.54) is 21.9 Å². The summed E-state index contributed by atoms with van der Waals surface area (Å²) in [6.45, 7) is 2.89. The third-order valence-electron chi connectivity index (χ3n) is 4.38. The summed E-state index contributed by atoms with van der Waals surface area (Å²) >= 11 is 0. The first-order valence-corrected chi connectivity index (χ1v) is 7.45. The van der Waals surface area contributed by atoms with Crippen molar-refractivity contribution in [3.8, 4) is 16.9 Å². The molecule has 1 aromatic heterocycles. The first-order chi connectivity index (χ1) is 10.6. The van der Waals surface area contributed by atoms with Gasteiger partial charge in [0.15, 0.2) is 24.2 Å². The lowest BCUT2D eigenvalue weighted by Crippen LogP contribution is -2.11. The number of rotatable bonds is 0. The first-order valence-electron chi connectivity index (χ1n) is 7.45. The maximum Gasteiger partial charge on any atom is 0.210 e. The summed E-state index contributed by atoms with van der Waals surface area (Å²) in [6, 6.07) is 12.8. The molecule has 0 atom stereocenters. The largest absolute Gasteiger partial charge is 0.502 e. The van der Waals surface area contributed by atoms with Crippen LogP contribution in [0.15, 0.2) is 42.6 Å². The van der Waals surface area contributed by atoms with Crippen molar-refractivity contribution in [1.82, 2.24) is 0 Å². The molecule has 1 aliphatic rings. The van der Waals surface area contributed by atoms with Gasteiger partial charge in [-0.2, -0.15) is 0 Å². The maximum atomic E-state index is 10.3. The Bertz CT molecular complexity index is 942. The Hall–Kier alpha value is -2.68. The fourth-order valence-corrected chi connectivity index (χ4v) is 3.39. The maximum absolute atomic E-state index is 10.3. The average molecular weight is 290 g/mol. The normalized spacial score (nSPS) is 13.3. The summed E-state index contributed by atoms with van der Waals surface area (Å²) in [5.41, 5.74) is 5.54. The predicted octanol–water partition coefficient (Wildman–Crippen LogP) is 2.91. The molecule has 1 aliphatic heterocycles. The van der Waals surface area contributed by atoms with Gasteiger partial charge in [-0.15, -0.1) is 0 Å². The third-order valence-corrected chi connectivity index (χ3v) is 4.38. The minimum Gasteiger partial charge on any atom is -0.502 e. The highest BCUT2D eigenvalue weighted by atomic mass is 16.3. The molecule has 2 heterocycles. The Balaban J connectivity index is 2.22. The molecule has 3 aromatic rings. The summed E-state index contributed by atoms with van der Waals surface area (Å²) in [7, 11) is 2.04. The summed E-state index contributed by atoms with van der Waals surface area (Å²) < 4.78 is 2.12. The number of aryl methyl sites for hydroxylation is 1. The Labute approximate surface area is 129 Å². The number of benzene rings is 2. The molecule has 108 valence electrons. The van der Waals surface area contributed by atoms with Gasteiger partial charge in [-0.1, -0.05) is 36.4 Å². The van der Waals surface area contributed by atoms with Crippen molar-refractivity contribution < 1.29 is 14.7 Å². The molecular formula is C19H18N2O+2. The van der Waals surface area contributed by atoms with E-state index < -0.39 is 0 Å². The molecular weight excluding hydrogens is 272 g/mol. The van der Waals surface area contributed by atoms with Crippen molar-refractivity contribution in [3.63, 3.8) is 0 Å². The van der Waals surface area contributed by atoms with Crippen LogP contribution in [0.5, 0.6) is 5.75 Å². The number of H-pyrrole nitrogens is 1. The van der Waals surface area contributed by atoms with Crippen molar-refractivity contribution in [1.29, 1.82) is 0 Å². The zero-order chi connectivity index (χ0) is 15.3. The van der Waals surface area contributed by atoms with Gasteiger partial charge in [0.05, 0.1) is 11.1 Å². The van der Waals surface area contributed by atoms with Crippen LogP contribution < -0.4 is 4.98 Å². The number of fused-ring (bicyclic) bond motifs is 5. The zero-order valence-electron chi connectivity index (χ0n) is 12.7. The van der Waals surface area contributed by atoms with Gasteiger partial charge in [0.2, 0.25) is 6.20 Å². The van der Waals surface area contributed by atoms with Crippen molar-refractivity contribution in [3.05, 3.63) is 59.4 Å². The summed E-state index contributed by atoms with van der Waals surface area (Å²) in [4.78, 5) is 3.19. The SMILES string of the molecule is Cc1[nH+]cc(O)c2c1-c1c(ccc3ccccc13)C[N+](C)=C2. The van der Waals surface area contributed by atoms with Crippen LogP contribution in [-0.2, 0) is 6.54 Å². The Morgan fingerprint density at radius 1 is 1.09 bits per heavy atom. The van der Waals surface area contributed by atoms with Gasteiger partial charge < -0.3 is 5.11 Å². The highest BCUT2D eigenvalue weighted by Crippen LogP contribution is 2.38. The van der Waals surface area contributed by atoms with E-state index in [0.717, 1.165) is 23.4 Å². The molecule has 3 nitrogen and oxygen atoms in total. The van der Waals surface area contributed by atoms with Crippen LogP contribution >= 0.6 is 0 Å². The lowest BCUT2D eigenvalue weighted by Gasteiger charge is -2.11. The molecule has 0 saturated carbocycles. The smallest absolute Gasteiger partial charge is 0.210 e. The molecule has 2 N–H and O–H groups in total. The topological polar surface area (TPSA) is 37.4 Å². The van der Waals surface area contributed by atoms with Gasteiger partial charge in [0.25, 0.3) is 0 Å². The van der Waals surface area contributed by atoms with Crippen molar-refractivity contribution in [2.45, 2.75) is 13.5 Å². The van der Waals surface area contributed by atoms with E-state index >= 15 is 0 Å². The molecule has 3 heteroatoms. The number of hydrogen-bond donors (Lipinski definition) is 1. The van der Waals surface area contributed by atoms with Gasteiger partial charge in [0.1, 0.15) is 7.05 Å². The predicted molar refractivity (Wildman–Crippen MR) is 87.4 cm³/mol. The van der Waals surface area contributed by atoms with Crippen LogP contribution in [0.4, 0.5) is 0 Å². The Morgan fingerprint density at radius 2 is 1.91 bits per heavy atom. The fourth-order valence-electron chi connectivity index (χ4n) is 3.39. The van der Waals surface area contributed by atoms with E-state index in [-0.39, 0.29) is 5.75 Å². The molecule has 0 spiro atoms.